The molecule has 0 radical (unpaired) electrons. The quantitative estimate of drug-likeness (QED) is 0.868. The number of halogens is 2. The molecule has 0 heterocycles. The molecule has 0 aliphatic carbocycles. The molecule has 1 unspecified atom stereocenters. The number of aliphatic hydroxyl groups excluding tert-OH is 1. The second-order valence-corrected chi connectivity index (χ2v) is 5.69. The predicted octanol–water partition coefficient (Wildman–Crippen LogP) is 4.69. The van der Waals surface area contributed by atoms with Crippen molar-refractivity contribution in [2.45, 2.75) is 19.4 Å². The fraction of sp³-hybridized carbons (Fsp3) is 0.200. The highest BCUT2D eigenvalue weighted by molar-refractivity contribution is 9.10. The summed E-state index contributed by atoms with van der Waals surface area (Å²) in [6, 6.07) is 13.6. The lowest BCUT2D eigenvalue weighted by Crippen LogP contribution is -2.02. The molecule has 0 bridgehead atoms. The van der Waals surface area contributed by atoms with E-state index in [1.807, 2.05) is 49.4 Å². The summed E-state index contributed by atoms with van der Waals surface area (Å²) in [5.74, 6) is 0. The van der Waals surface area contributed by atoms with Gasteiger partial charge in [-0.3, -0.25) is 0 Å². The molecule has 1 N–H and O–H groups in total. The first-order chi connectivity index (χ1) is 8.56. The van der Waals surface area contributed by atoms with Crippen LogP contribution in [0.5, 0.6) is 0 Å². The van der Waals surface area contributed by atoms with Gasteiger partial charge in [-0.25, -0.2) is 0 Å². The normalized spacial score (nSPS) is 12.4. The number of hydrogen-bond acceptors (Lipinski definition) is 1. The minimum absolute atomic E-state index is 0.523. The highest BCUT2D eigenvalue weighted by atomic mass is 79.9. The molecule has 2 rings (SSSR count). The van der Waals surface area contributed by atoms with Gasteiger partial charge in [0.1, 0.15) is 0 Å². The van der Waals surface area contributed by atoms with E-state index in [1.54, 1.807) is 0 Å². The van der Waals surface area contributed by atoms with E-state index in [0.29, 0.717) is 11.4 Å². The number of aliphatic hydroxyl groups is 1. The third-order valence-corrected chi connectivity index (χ3v) is 3.74. The predicted molar refractivity (Wildman–Crippen MR) is 79.0 cm³/mol. The van der Waals surface area contributed by atoms with Gasteiger partial charge in [0.15, 0.2) is 0 Å². The molecule has 3 heteroatoms. The first-order valence-electron chi connectivity index (χ1n) is 5.75. The first kappa shape index (κ1) is 13.6. The molecular weight excluding hydrogens is 312 g/mol. The molecule has 0 spiro atoms. The lowest BCUT2D eigenvalue weighted by Gasteiger charge is -2.12. The van der Waals surface area contributed by atoms with Crippen LogP contribution in [-0.4, -0.2) is 5.11 Å². The maximum absolute atomic E-state index is 10.2. The Hall–Kier alpha value is -0.830. The van der Waals surface area contributed by atoms with Crippen molar-refractivity contribution in [2.24, 2.45) is 0 Å². The molecular formula is C15H14BrClO. The largest absolute Gasteiger partial charge is 0.388 e. The Morgan fingerprint density at radius 2 is 1.83 bits per heavy atom. The minimum atomic E-state index is -0.524. The topological polar surface area (TPSA) is 20.2 Å². The van der Waals surface area contributed by atoms with Crippen molar-refractivity contribution >= 4 is 27.5 Å². The van der Waals surface area contributed by atoms with Crippen molar-refractivity contribution < 1.29 is 5.11 Å². The van der Waals surface area contributed by atoms with Crippen molar-refractivity contribution in [2.75, 3.05) is 0 Å². The summed E-state index contributed by atoms with van der Waals surface area (Å²) in [7, 11) is 0. The van der Waals surface area contributed by atoms with Gasteiger partial charge in [0.2, 0.25) is 0 Å². The van der Waals surface area contributed by atoms with E-state index in [1.165, 1.54) is 5.56 Å². The van der Waals surface area contributed by atoms with E-state index < -0.39 is 6.10 Å². The lowest BCUT2D eigenvalue weighted by atomic mass is 10.0. The highest BCUT2D eigenvalue weighted by Crippen LogP contribution is 2.26. The van der Waals surface area contributed by atoms with Crippen LogP contribution < -0.4 is 0 Å². The van der Waals surface area contributed by atoms with Gasteiger partial charge in [0.05, 0.1) is 6.10 Å². The average Bonchev–Trinajstić information content (AvgIpc) is 2.33. The molecule has 0 amide bonds. The Bertz CT molecular complexity index is 537. The molecule has 2 aromatic carbocycles. The van der Waals surface area contributed by atoms with Crippen LogP contribution in [0.2, 0.25) is 5.02 Å². The minimum Gasteiger partial charge on any atom is -0.388 e. The molecule has 18 heavy (non-hydrogen) atoms. The van der Waals surface area contributed by atoms with Gasteiger partial charge in [-0.2, -0.15) is 0 Å². The molecule has 0 saturated carbocycles. The van der Waals surface area contributed by atoms with E-state index in [4.69, 9.17) is 11.6 Å². The fourth-order valence-corrected chi connectivity index (χ4v) is 2.55. The van der Waals surface area contributed by atoms with Crippen molar-refractivity contribution in [3.05, 3.63) is 68.7 Å². The molecule has 1 nitrogen and oxygen atoms in total. The Kier molecular flexibility index (Phi) is 4.44. The number of rotatable bonds is 3. The second kappa shape index (κ2) is 5.87. The Morgan fingerprint density at radius 3 is 2.44 bits per heavy atom. The zero-order chi connectivity index (χ0) is 13.1. The van der Waals surface area contributed by atoms with E-state index in [-0.39, 0.29) is 0 Å². The van der Waals surface area contributed by atoms with Crippen LogP contribution in [0.3, 0.4) is 0 Å². The van der Waals surface area contributed by atoms with Gasteiger partial charge in [-0.05, 0) is 30.2 Å². The van der Waals surface area contributed by atoms with Crippen LogP contribution in [0.25, 0.3) is 0 Å². The zero-order valence-corrected chi connectivity index (χ0v) is 12.4. The summed E-state index contributed by atoms with van der Waals surface area (Å²) in [6.45, 7) is 2.03. The zero-order valence-electron chi connectivity index (χ0n) is 10.0. The van der Waals surface area contributed by atoms with Gasteiger partial charge in [0, 0.05) is 15.9 Å². The summed E-state index contributed by atoms with van der Waals surface area (Å²) in [6.07, 6.45) is -0.000829. The maximum Gasteiger partial charge on any atom is 0.0830 e. The van der Waals surface area contributed by atoms with Crippen molar-refractivity contribution in [1.29, 1.82) is 0 Å². The molecule has 0 aromatic heterocycles. The number of benzene rings is 2. The SMILES string of the molecule is Cc1ccc(C(O)Cc2ccc(Br)cc2Cl)cc1. The van der Waals surface area contributed by atoms with E-state index in [9.17, 15) is 5.11 Å². The smallest absolute Gasteiger partial charge is 0.0830 e. The van der Waals surface area contributed by atoms with Crippen LogP contribution >= 0.6 is 27.5 Å². The third kappa shape index (κ3) is 3.35. The van der Waals surface area contributed by atoms with Crippen molar-refractivity contribution in [3.63, 3.8) is 0 Å². The van der Waals surface area contributed by atoms with Gasteiger partial charge < -0.3 is 5.11 Å². The van der Waals surface area contributed by atoms with E-state index in [2.05, 4.69) is 15.9 Å². The molecule has 2 aromatic rings. The number of aryl methyl sites for hydroxylation is 1. The summed E-state index contributed by atoms with van der Waals surface area (Å²) in [4.78, 5) is 0. The standard InChI is InChI=1S/C15H14BrClO/c1-10-2-4-11(5-3-10)15(18)8-12-6-7-13(16)9-14(12)17/h2-7,9,15,18H,8H2,1H3. The fourth-order valence-electron chi connectivity index (χ4n) is 1.80. The molecule has 0 aliphatic heterocycles. The second-order valence-electron chi connectivity index (χ2n) is 4.37. The summed E-state index contributed by atoms with van der Waals surface area (Å²) in [5, 5.41) is 10.9. The first-order valence-corrected chi connectivity index (χ1v) is 6.92. The van der Waals surface area contributed by atoms with Crippen LogP contribution in [0, 0.1) is 6.92 Å². The van der Waals surface area contributed by atoms with E-state index in [0.717, 1.165) is 15.6 Å². The lowest BCUT2D eigenvalue weighted by molar-refractivity contribution is 0.178. The molecule has 94 valence electrons. The Balaban J connectivity index is 2.15. The van der Waals surface area contributed by atoms with Gasteiger partial charge in [-0.1, -0.05) is 63.4 Å². The highest BCUT2D eigenvalue weighted by Gasteiger charge is 2.10. The van der Waals surface area contributed by atoms with Gasteiger partial charge >= 0.3 is 0 Å². The van der Waals surface area contributed by atoms with Crippen LogP contribution in [-0.2, 0) is 6.42 Å². The average molecular weight is 326 g/mol. The summed E-state index contributed by atoms with van der Waals surface area (Å²) < 4.78 is 0.945. The third-order valence-electron chi connectivity index (χ3n) is 2.89. The summed E-state index contributed by atoms with van der Waals surface area (Å²) >= 11 is 9.51. The van der Waals surface area contributed by atoms with E-state index >= 15 is 0 Å². The van der Waals surface area contributed by atoms with Gasteiger partial charge in [0.25, 0.3) is 0 Å². The monoisotopic (exact) mass is 324 g/mol. The maximum atomic E-state index is 10.2. The van der Waals surface area contributed by atoms with Crippen molar-refractivity contribution in [3.8, 4) is 0 Å². The van der Waals surface area contributed by atoms with Crippen molar-refractivity contribution in [1.82, 2.24) is 0 Å². The molecule has 0 saturated heterocycles. The number of hydrogen-bond donors (Lipinski definition) is 1. The van der Waals surface area contributed by atoms with Crippen LogP contribution in [0.15, 0.2) is 46.9 Å². The molecule has 1 atom stereocenters. The Morgan fingerprint density at radius 1 is 1.17 bits per heavy atom. The molecule has 0 fully saturated rings. The summed E-state index contributed by atoms with van der Waals surface area (Å²) in [5.41, 5.74) is 3.06. The Labute approximate surface area is 121 Å². The van der Waals surface area contributed by atoms with Gasteiger partial charge in [-0.15, -0.1) is 0 Å². The molecule has 0 aliphatic rings. The van der Waals surface area contributed by atoms with Crippen LogP contribution in [0.4, 0.5) is 0 Å². The van der Waals surface area contributed by atoms with Crippen LogP contribution in [0.1, 0.15) is 22.8 Å².